The van der Waals surface area contributed by atoms with E-state index in [0.29, 0.717) is 17.5 Å². The molecule has 3 rings (SSSR count). The number of carbonyl (C=O) groups is 2. The number of imide groups is 1. The van der Waals surface area contributed by atoms with Gasteiger partial charge in [-0.3, -0.25) is 14.7 Å². The third-order valence-electron chi connectivity index (χ3n) is 3.85. The summed E-state index contributed by atoms with van der Waals surface area (Å²) in [6.45, 7) is 4.26. The molecule has 7 nitrogen and oxygen atoms in total. The van der Waals surface area contributed by atoms with Crippen molar-refractivity contribution < 1.29 is 9.59 Å². The van der Waals surface area contributed by atoms with Gasteiger partial charge in [0, 0.05) is 17.8 Å². The summed E-state index contributed by atoms with van der Waals surface area (Å²) in [6.07, 6.45) is 0. The van der Waals surface area contributed by atoms with Crippen LogP contribution in [0.4, 0.5) is 4.79 Å². The average Bonchev–Trinajstić information content (AvgIpc) is 3.11. The van der Waals surface area contributed by atoms with Crippen molar-refractivity contribution in [3.05, 3.63) is 60.2 Å². The van der Waals surface area contributed by atoms with Gasteiger partial charge in [0.1, 0.15) is 0 Å². The van der Waals surface area contributed by atoms with E-state index in [0.717, 1.165) is 16.8 Å². The monoisotopic (exact) mass is 395 g/mol. The molecule has 0 aliphatic carbocycles. The molecule has 0 aliphatic heterocycles. The number of amides is 3. The van der Waals surface area contributed by atoms with Gasteiger partial charge in [0.05, 0.1) is 5.75 Å². The second kappa shape index (κ2) is 9.18. The lowest BCUT2D eigenvalue weighted by molar-refractivity contribution is -0.117. The molecule has 0 fully saturated rings. The van der Waals surface area contributed by atoms with Crippen LogP contribution in [0.1, 0.15) is 12.5 Å². The minimum atomic E-state index is -0.502. The molecule has 0 aliphatic rings. The van der Waals surface area contributed by atoms with Crippen LogP contribution in [0.25, 0.3) is 17.1 Å². The fraction of sp³-hybridized carbons (Fsp3) is 0.200. The summed E-state index contributed by atoms with van der Waals surface area (Å²) in [5, 5.41) is 14.0. The van der Waals surface area contributed by atoms with Crippen molar-refractivity contribution in [3.8, 4) is 17.1 Å². The highest BCUT2D eigenvalue weighted by molar-refractivity contribution is 7.99. The topological polar surface area (TPSA) is 88.9 Å². The number of carbonyl (C=O) groups excluding carboxylic acids is 2. The molecule has 0 unspecified atom stereocenters. The number of aromatic nitrogens is 3. The van der Waals surface area contributed by atoms with Crippen molar-refractivity contribution in [2.24, 2.45) is 0 Å². The van der Waals surface area contributed by atoms with E-state index >= 15 is 0 Å². The van der Waals surface area contributed by atoms with Gasteiger partial charge in [-0.15, -0.1) is 10.2 Å². The number of rotatable bonds is 6. The second-order valence-electron chi connectivity index (χ2n) is 6.04. The molecule has 1 heterocycles. The molecule has 0 saturated carbocycles. The molecule has 0 bridgehead atoms. The van der Waals surface area contributed by atoms with Crippen LogP contribution < -0.4 is 10.6 Å². The molecular weight excluding hydrogens is 374 g/mol. The zero-order valence-corrected chi connectivity index (χ0v) is 16.5. The summed E-state index contributed by atoms with van der Waals surface area (Å²) in [5.41, 5.74) is 2.96. The second-order valence-corrected chi connectivity index (χ2v) is 6.99. The van der Waals surface area contributed by atoms with Gasteiger partial charge in [0.2, 0.25) is 5.91 Å². The summed E-state index contributed by atoms with van der Waals surface area (Å²) in [6, 6.07) is 17.2. The van der Waals surface area contributed by atoms with Crippen LogP contribution in [-0.2, 0) is 4.79 Å². The molecule has 3 aromatic rings. The fourth-order valence-corrected chi connectivity index (χ4v) is 3.39. The largest absolute Gasteiger partial charge is 0.338 e. The average molecular weight is 395 g/mol. The molecule has 1 aromatic heterocycles. The molecule has 8 heteroatoms. The quantitative estimate of drug-likeness (QED) is 0.626. The predicted molar refractivity (Wildman–Crippen MR) is 109 cm³/mol. The molecule has 28 heavy (non-hydrogen) atoms. The first-order valence-electron chi connectivity index (χ1n) is 8.87. The number of aryl methyl sites for hydroxylation is 1. The Morgan fingerprint density at radius 1 is 1.07 bits per heavy atom. The molecule has 0 spiro atoms. The standard InChI is InChI=1S/C20H21N5O2S/c1-3-21-19(27)22-17(26)13-28-20-24-23-18(15-9-7-8-14(2)12-15)25(20)16-10-5-4-6-11-16/h4-12H,3,13H2,1-2H3,(H2,21,22,26,27). The highest BCUT2D eigenvalue weighted by Crippen LogP contribution is 2.28. The van der Waals surface area contributed by atoms with Gasteiger partial charge >= 0.3 is 6.03 Å². The molecule has 3 amide bonds. The number of urea groups is 1. The molecule has 0 saturated heterocycles. The van der Waals surface area contributed by atoms with Crippen LogP contribution in [0, 0.1) is 6.92 Å². The van der Waals surface area contributed by atoms with Gasteiger partial charge < -0.3 is 5.32 Å². The van der Waals surface area contributed by atoms with Gasteiger partial charge in [-0.05, 0) is 32.0 Å². The Morgan fingerprint density at radius 3 is 2.57 bits per heavy atom. The third kappa shape index (κ3) is 4.77. The summed E-state index contributed by atoms with van der Waals surface area (Å²) < 4.78 is 1.92. The minimum absolute atomic E-state index is 0.0515. The Bertz CT molecular complexity index is 972. The predicted octanol–water partition coefficient (Wildman–Crippen LogP) is 3.18. The van der Waals surface area contributed by atoms with Gasteiger partial charge in [-0.25, -0.2) is 4.79 Å². The molecule has 0 atom stereocenters. The zero-order valence-electron chi connectivity index (χ0n) is 15.7. The number of thioether (sulfide) groups is 1. The first kappa shape index (κ1) is 19.6. The van der Waals surface area contributed by atoms with Crippen LogP contribution in [0.3, 0.4) is 0 Å². The maximum absolute atomic E-state index is 12.0. The zero-order chi connectivity index (χ0) is 19.9. The molecule has 0 radical (unpaired) electrons. The Hall–Kier alpha value is -3.13. The van der Waals surface area contributed by atoms with Crippen molar-refractivity contribution >= 4 is 23.7 Å². The highest BCUT2D eigenvalue weighted by Gasteiger charge is 2.17. The normalized spacial score (nSPS) is 10.5. The van der Waals surface area contributed by atoms with E-state index in [2.05, 4.69) is 20.8 Å². The number of hydrogen-bond acceptors (Lipinski definition) is 5. The number of nitrogens with zero attached hydrogens (tertiary/aromatic N) is 3. The fourth-order valence-electron chi connectivity index (χ4n) is 2.64. The van der Waals surface area contributed by atoms with E-state index in [4.69, 9.17) is 0 Å². The summed E-state index contributed by atoms with van der Waals surface area (Å²) in [5.74, 6) is 0.354. The van der Waals surface area contributed by atoms with Gasteiger partial charge in [-0.2, -0.15) is 0 Å². The van der Waals surface area contributed by atoms with E-state index in [1.54, 1.807) is 6.92 Å². The lowest BCUT2D eigenvalue weighted by Gasteiger charge is -2.10. The molecular formula is C20H21N5O2S. The van der Waals surface area contributed by atoms with Crippen molar-refractivity contribution in [2.75, 3.05) is 12.3 Å². The van der Waals surface area contributed by atoms with Crippen LogP contribution in [0.2, 0.25) is 0 Å². The van der Waals surface area contributed by atoms with E-state index < -0.39 is 11.9 Å². The Labute approximate surface area is 167 Å². The van der Waals surface area contributed by atoms with Crippen LogP contribution >= 0.6 is 11.8 Å². The van der Waals surface area contributed by atoms with Gasteiger partial charge in [0.25, 0.3) is 0 Å². The lowest BCUT2D eigenvalue weighted by Crippen LogP contribution is -2.40. The van der Waals surface area contributed by atoms with Crippen molar-refractivity contribution in [2.45, 2.75) is 19.0 Å². The molecule has 144 valence electrons. The SMILES string of the molecule is CCNC(=O)NC(=O)CSc1nnc(-c2cccc(C)c2)n1-c1ccccc1. The first-order chi connectivity index (χ1) is 13.6. The number of para-hydroxylation sites is 1. The summed E-state index contributed by atoms with van der Waals surface area (Å²) in [7, 11) is 0. The van der Waals surface area contributed by atoms with E-state index in [1.807, 2.05) is 66.1 Å². The number of benzene rings is 2. The lowest BCUT2D eigenvalue weighted by atomic mass is 10.1. The van der Waals surface area contributed by atoms with Crippen molar-refractivity contribution in [3.63, 3.8) is 0 Å². The summed E-state index contributed by atoms with van der Waals surface area (Å²) >= 11 is 1.23. The molecule has 2 aromatic carbocycles. The van der Waals surface area contributed by atoms with Crippen LogP contribution in [0.15, 0.2) is 59.8 Å². The van der Waals surface area contributed by atoms with Crippen LogP contribution in [0.5, 0.6) is 0 Å². The van der Waals surface area contributed by atoms with E-state index in [-0.39, 0.29) is 5.75 Å². The van der Waals surface area contributed by atoms with Crippen LogP contribution in [-0.4, -0.2) is 39.0 Å². The van der Waals surface area contributed by atoms with Gasteiger partial charge in [0.15, 0.2) is 11.0 Å². The van der Waals surface area contributed by atoms with E-state index in [9.17, 15) is 9.59 Å². The number of hydrogen-bond donors (Lipinski definition) is 2. The smallest absolute Gasteiger partial charge is 0.321 e. The Balaban J connectivity index is 1.87. The Kier molecular flexibility index (Phi) is 6.44. The molecule has 2 N–H and O–H groups in total. The number of nitrogens with one attached hydrogen (secondary N) is 2. The minimum Gasteiger partial charge on any atom is -0.338 e. The first-order valence-corrected chi connectivity index (χ1v) is 9.85. The highest BCUT2D eigenvalue weighted by atomic mass is 32.2. The maximum Gasteiger partial charge on any atom is 0.321 e. The van der Waals surface area contributed by atoms with Crippen molar-refractivity contribution in [1.82, 2.24) is 25.4 Å². The van der Waals surface area contributed by atoms with Crippen molar-refractivity contribution in [1.29, 1.82) is 0 Å². The summed E-state index contributed by atoms with van der Waals surface area (Å²) in [4.78, 5) is 23.5. The maximum atomic E-state index is 12.0. The Morgan fingerprint density at radius 2 is 1.86 bits per heavy atom. The van der Waals surface area contributed by atoms with E-state index in [1.165, 1.54) is 11.8 Å². The third-order valence-corrected chi connectivity index (χ3v) is 4.78. The van der Waals surface area contributed by atoms with Gasteiger partial charge in [-0.1, -0.05) is 53.7 Å².